The Hall–Kier alpha value is -1.89. The predicted molar refractivity (Wildman–Crippen MR) is 64.0 cm³/mol. The van der Waals surface area contributed by atoms with Crippen molar-refractivity contribution in [1.29, 1.82) is 0 Å². The largest absolute Gasteiger partial charge is 0.324 e. The maximum Gasteiger partial charge on any atom is 0.222 e. The number of hydrogen-bond donors (Lipinski definition) is 2. The third kappa shape index (κ3) is 2.44. The summed E-state index contributed by atoms with van der Waals surface area (Å²) in [6.07, 6.45) is 2.56. The fraction of sp³-hybridized carbons (Fsp3) is 0.200. The third-order valence-electron chi connectivity index (χ3n) is 2.35. The van der Waals surface area contributed by atoms with Crippen LogP contribution >= 0.6 is 0 Å². The summed E-state index contributed by atoms with van der Waals surface area (Å²) in [5, 5.41) is 9.32. The molecule has 7 heteroatoms. The molecule has 0 aliphatic heterocycles. The molecular weight excluding hydrogens is 240 g/mol. The number of H-pyrrole nitrogens is 1. The second-order valence-electron chi connectivity index (χ2n) is 3.66. The van der Waals surface area contributed by atoms with Gasteiger partial charge in [-0.1, -0.05) is 6.07 Å². The minimum Gasteiger partial charge on any atom is -0.324 e. The van der Waals surface area contributed by atoms with Gasteiger partial charge < -0.3 is 5.32 Å². The zero-order valence-corrected chi connectivity index (χ0v) is 10.2. The lowest BCUT2D eigenvalue weighted by molar-refractivity contribution is 0.601. The Morgan fingerprint density at radius 2 is 2.12 bits per heavy atom. The summed E-state index contributed by atoms with van der Waals surface area (Å²) in [5.41, 5.74) is 1.34. The molecule has 0 atom stereocenters. The van der Waals surface area contributed by atoms with E-state index in [9.17, 15) is 8.42 Å². The molecule has 0 unspecified atom stereocenters. The molecular formula is C10H12N4O2S. The molecule has 0 aliphatic carbocycles. The van der Waals surface area contributed by atoms with E-state index in [1.807, 2.05) is 0 Å². The van der Waals surface area contributed by atoms with Crippen LogP contribution in [0, 0.1) is 6.92 Å². The molecule has 2 aromatic rings. The quantitative estimate of drug-likeness (QED) is 0.858. The fourth-order valence-corrected chi connectivity index (χ4v) is 2.54. The molecule has 0 spiro atoms. The minimum atomic E-state index is -3.22. The molecule has 90 valence electrons. The molecule has 0 saturated carbocycles. The van der Waals surface area contributed by atoms with Crippen molar-refractivity contribution in [2.75, 3.05) is 11.6 Å². The van der Waals surface area contributed by atoms with Gasteiger partial charge in [0.2, 0.25) is 5.95 Å². The van der Waals surface area contributed by atoms with E-state index in [4.69, 9.17) is 0 Å². The highest BCUT2D eigenvalue weighted by atomic mass is 32.2. The smallest absolute Gasteiger partial charge is 0.222 e. The van der Waals surface area contributed by atoms with E-state index in [1.165, 1.54) is 12.6 Å². The SMILES string of the molecule is Cc1c(Nc2ncn[nH]2)cccc1S(C)(=O)=O. The average molecular weight is 252 g/mol. The Kier molecular flexibility index (Phi) is 2.84. The van der Waals surface area contributed by atoms with E-state index in [1.54, 1.807) is 25.1 Å². The van der Waals surface area contributed by atoms with Gasteiger partial charge in [0.25, 0.3) is 0 Å². The van der Waals surface area contributed by atoms with E-state index in [0.717, 1.165) is 0 Å². The van der Waals surface area contributed by atoms with Gasteiger partial charge in [0.05, 0.1) is 4.90 Å². The molecule has 0 saturated heterocycles. The van der Waals surface area contributed by atoms with Crippen molar-refractivity contribution in [2.45, 2.75) is 11.8 Å². The van der Waals surface area contributed by atoms with Gasteiger partial charge in [-0.25, -0.2) is 13.5 Å². The lowest BCUT2D eigenvalue weighted by atomic mass is 10.2. The maximum atomic E-state index is 11.5. The highest BCUT2D eigenvalue weighted by molar-refractivity contribution is 7.90. The van der Waals surface area contributed by atoms with Crippen molar-refractivity contribution >= 4 is 21.5 Å². The molecule has 17 heavy (non-hydrogen) atoms. The van der Waals surface area contributed by atoms with Gasteiger partial charge in [-0.3, -0.25) is 0 Å². The molecule has 0 amide bonds. The van der Waals surface area contributed by atoms with Gasteiger partial charge in [-0.2, -0.15) is 10.1 Å². The molecule has 2 rings (SSSR count). The standard InChI is InChI=1S/C10H12N4O2S/c1-7-8(13-10-11-6-12-14-10)4-3-5-9(7)17(2,15)16/h3-6H,1-2H3,(H2,11,12,13,14). The van der Waals surface area contributed by atoms with Crippen molar-refractivity contribution in [1.82, 2.24) is 15.2 Å². The van der Waals surface area contributed by atoms with Gasteiger partial charge in [0, 0.05) is 11.9 Å². The van der Waals surface area contributed by atoms with Crippen LogP contribution in [0.5, 0.6) is 0 Å². The summed E-state index contributed by atoms with van der Waals surface area (Å²) in [7, 11) is -3.22. The maximum absolute atomic E-state index is 11.5. The number of hydrogen-bond acceptors (Lipinski definition) is 5. The topological polar surface area (TPSA) is 87.7 Å². The van der Waals surface area contributed by atoms with E-state index in [-0.39, 0.29) is 0 Å². The summed E-state index contributed by atoms with van der Waals surface area (Å²) in [4.78, 5) is 4.22. The highest BCUT2D eigenvalue weighted by Crippen LogP contribution is 2.24. The van der Waals surface area contributed by atoms with Crippen LogP contribution in [0.3, 0.4) is 0 Å². The average Bonchev–Trinajstić information content (AvgIpc) is 2.72. The molecule has 1 heterocycles. The second kappa shape index (κ2) is 4.17. The van der Waals surface area contributed by atoms with Crippen LogP contribution in [-0.4, -0.2) is 29.9 Å². The summed E-state index contributed by atoms with van der Waals surface area (Å²) < 4.78 is 23.1. The minimum absolute atomic E-state index is 0.307. The first-order chi connectivity index (χ1) is 7.98. The van der Waals surface area contributed by atoms with E-state index >= 15 is 0 Å². The molecule has 6 nitrogen and oxygen atoms in total. The summed E-state index contributed by atoms with van der Waals surface area (Å²) >= 11 is 0. The lowest BCUT2D eigenvalue weighted by Gasteiger charge is -2.10. The number of rotatable bonds is 3. The number of nitrogens with zero attached hydrogens (tertiary/aromatic N) is 2. The van der Waals surface area contributed by atoms with E-state index < -0.39 is 9.84 Å². The molecule has 0 fully saturated rings. The molecule has 0 aliphatic rings. The van der Waals surface area contributed by atoms with Crippen molar-refractivity contribution in [3.8, 4) is 0 Å². The van der Waals surface area contributed by atoms with Crippen LogP contribution in [0.25, 0.3) is 0 Å². The van der Waals surface area contributed by atoms with E-state index in [2.05, 4.69) is 20.5 Å². The third-order valence-corrected chi connectivity index (χ3v) is 3.59. The van der Waals surface area contributed by atoms with Gasteiger partial charge in [0.1, 0.15) is 6.33 Å². The molecule has 0 radical (unpaired) electrons. The molecule has 1 aromatic carbocycles. The van der Waals surface area contributed by atoms with Gasteiger partial charge in [-0.05, 0) is 24.6 Å². The highest BCUT2D eigenvalue weighted by Gasteiger charge is 2.13. The monoisotopic (exact) mass is 252 g/mol. The van der Waals surface area contributed by atoms with Crippen molar-refractivity contribution in [3.05, 3.63) is 30.1 Å². The van der Waals surface area contributed by atoms with Crippen molar-refractivity contribution in [2.24, 2.45) is 0 Å². The molecule has 0 bridgehead atoms. The number of anilines is 2. The van der Waals surface area contributed by atoms with Crippen LogP contribution in [0.15, 0.2) is 29.4 Å². The van der Waals surface area contributed by atoms with Gasteiger partial charge >= 0.3 is 0 Å². The normalized spacial score (nSPS) is 11.4. The Balaban J connectivity index is 2.43. The zero-order chi connectivity index (χ0) is 12.5. The van der Waals surface area contributed by atoms with Crippen LogP contribution in [0.4, 0.5) is 11.6 Å². The Morgan fingerprint density at radius 3 is 2.71 bits per heavy atom. The Bertz CT molecular complexity index is 620. The number of aromatic nitrogens is 3. The number of nitrogens with one attached hydrogen (secondary N) is 2. The first-order valence-corrected chi connectivity index (χ1v) is 6.79. The van der Waals surface area contributed by atoms with Crippen LogP contribution in [0.2, 0.25) is 0 Å². The predicted octanol–water partition coefficient (Wildman–Crippen LogP) is 1.26. The first kappa shape index (κ1) is 11.6. The summed E-state index contributed by atoms with van der Waals surface area (Å²) in [6, 6.07) is 5.05. The second-order valence-corrected chi connectivity index (χ2v) is 5.64. The van der Waals surface area contributed by atoms with Gasteiger partial charge in [-0.15, -0.1) is 0 Å². The van der Waals surface area contributed by atoms with Crippen LogP contribution in [-0.2, 0) is 9.84 Å². The lowest BCUT2D eigenvalue weighted by Crippen LogP contribution is -2.03. The Morgan fingerprint density at radius 1 is 1.35 bits per heavy atom. The summed E-state index contributed by atoms with van der Waals surface area (Å²) in [5.74, 6) is 0.471. The van der Waals surface area contributed by atoms with Crippen LogP contribution < -0.4 is 5.32 Å². The van der Waals surface area contributed by atoms with Crippen molar-refractivity contribution < 1.29 is 8.42 Å². The molecule has 1 aromatic heterocycles. The zero-order valence-electron chi connectivity index (χ0n) is 9.43. The van der Waals surface area contributed by atoms with Crippen LogP contribution in [0.1, 0.15) is 5.56 Å². The van der Waals surface area contributed by atoms with Gasteiger partial charge in [0.15, 0.2) is 9.84 Å². The summed E-state index contributed by atoms with van der Waals surface area (Å²) in [6.45, 7) is 1.75. The fourth-order valence-electron chi connectivity index (χ4n) is 1.54. The van der Waals surface area contributed by atoms with Crippen molar-refractivity contribution in [3.63, 3.8) is 0 Å². The Labute approximate surface area is 99.0 Å². The first-order valence-electron chi connectivity index (χ1n) is 4.90. The number of aromatic amines is 1. The van der Waals surface area contributed by atoms with E-state index in [0.29, 0.717) is 22.1 Å². The molecule has 2 N–H and O–H groups in total. The number of benzene rings is 1. The number of sulfone groups is 1.